The molecule has 41 heavy (non-hydrogen) atoms. The molecule has 1 saturated heterocycles. The van der Waals surface area contributed by atoms with E-state index in [1.54, 1.807) is 25.5 Å². The van der Waals surface area contributed by atoms with Crippen LogP contribution in [0.2, 0.25) is 0 Å². The number of H-pyrrole nitrogens is 1. The predicted octanol–water partition coefficient (Wildman–Crippen LogP) is 3.33. The lowest BCUT2D eigenvalue weighted by Gasteiger charge is -2.35. The summed E-state index contributed by atoms with van der Waals surface area (Å²) in [5.41, 5.74) is -0.108. The summed E-state index contributed by atoms with van der Waals surface area (Å²) >= 11 is 0. The fraction of sp³-hybridized carbons (Fsp3) is 0.731. The van der Waals surface area contributed by atoms with Crippen molar-refractivity contribution in [2.24, 2.45) is 5.92 Å². The number of nitrogens with one attached hydrogen (secondary N) is 2. The van der Waals surface area contributed by atoms with Gasteiger partial charge in [-0.25, -0.2) is 9.65 Å². The molecular weight excluding hydrogens is 553 g/mol. The Morgan fingerprint density at radius 1 is 1.24 bits per heavy atom. The van der Waals surface area contributed by atoms with E-state index in [0.29, 0.717) is 19.6 Å². The molecule has 4 atom stereocenters. The van der Waals surface area contributed by atoms with E-state index < -0.39 is 26.4 Å². The molecule has 1 aliphatic rings. The molecule has 0 bridgehead atoms. The zero-order chi connectivity index (χ0) is 30.1. The first-order valence-corrected chi connectivity index (χ1v) is 14.9. The number of amides is 1. The van der Waals surface area contributed by atoms with Gasteiger partial charge in [0.1, 0.15) is 6.10 Å². The van der Waals surface area contributed by atoms with Gasteiger partial charge in [-0.05, 0) is 27.7 Å². The van der Waals surface area contributed by atoms with Gasteiger partial charge in [0, 0.05) is 31.5 Å². The van der Waals surface area contributed by atoms with Crippen molar-refractivity contribution in [3.05, 3.63) is 16.7 Å². The summed E-state index contributed by atoms with van der Waals surface area (Å²) in [6.07, 6.45) is 0.812. The van der Waals surface area contributed by atoms with Crippen LogP contribution in [0.5, 0.6) is 0 Å². The van der Waals surface area contributed by atoms with E-state index in [9.17, 15) is 9.59 Å². The number of imidazole rings is 1. The van der Waals surface area contributed by atoms with E-state index in [2.05, 4.69) is 58.7 Å². The summed E-state index contributed by atoms with van der Waals surface area (Å²) in [7, 11) is 0.152. The molecular formula is C26H42N7O7P. The number of nitriles is 1. The van der Waals surface area contributed by atoms with Crippen molar-refractivity contribution in [2.45, 2.75) is 84.9 Å². The molecule has 2 aromatic heterocycles. The Morgan fingerprint density at radius 2 is 1.98 bits per heavy atom. The summed E-state index contributed by atoms with van der Waals surface area (Å²) in [5, 5.41) is 11.6. The average Bonchev–Trinajstić information content (AvgIpc) is 3.51. The van der Waals surface area contributed by atoms with E-state index in [-0.39, 0.29) is 66.8 Å². The van der Waals surface area contributed by atoms with Crippen LogP contribution in [0.1, 0.15) is 60.6 Å². The van der Waals surface area contributed by atoms with Gasteiger partial charge in [-0.1, -0.05) is 13.8 Å². The minimum Gasteiger partial charge on any atom is -0.382 e. The Morgan fingerprint density at radius 3 is 2.61 bits per heavy atom. The molecule has 14 nitrogen and oxygen atoms in total. The van der Waals surface area contributed by atoms with E-state index in [4.69, 9.17) is 28.5 Å². The maximum atomic E-state index is 12.7. The fourth-order valence-corrected chi connectivity index (χ4v) is 6.03. The maximum Gasteiger partial charge on any atom is 0.280 e. The van der Waals surface area contributed by atoms with Gasteiger partial charge in [0.15, 0.2) is 17.4 Å². The number of carbonyl (C=O) groups excluding carboxylic acids is 1. The topological polar surface area (TPSA) is 166 Å². The highest BCUT2D eigenvalue weighted by atomic mass is 31.2. The van der Waals surface area contributed by atoms with Gasteiger partial charge in [0.25, 0.3) is 14.1 Å². The number of hydrogen-bond donors (Lipinski definition) is 2. The molecule has 2 aromatic rings. The van der Waals surface area contributed by atoms with Crippen LogP contribution in [0.15, 0.2) is 11.1 Å². The zero-order valence-corrected chi connectivity index (χ0v) is 25.7. The van der Waals surface area contributed by atoms with Crippen LogP contribution in [0.25, 0.3) is 11.2 Å². The lowest BCUT2D eigenvalue weighted by Crippen LogP contribution is -2.34. The Kier molecular flexibility index (Phi) is 12.6. The molecule has 0 aromatic carbocycles. The molecule has 2 N–H and O–H groups in total. The standard InChI is InChI=1S/C26H42N7O7P/c1-16(2)23(34)30-26-29-22-21(24(35)31-26)28-15-32(22)25-20(37-12-11-36-7)13-19(40-25)14-39-41(38-10-8-9-27)33(17(3)4)18(5)6/h15-20,25H,8,10-14H2,1-7H3,(H2,29,30,31,34,35)/t19-,20+,25+,41?/m0/s1. The quantitative estimate of drug-likeness (QED) is 0.216. The molecule has 1 fully saturated rings. The number of anilines is 1. The fourth-order valence-electron chi connectivity index (χ4n) is 4.39. The monoisotopic (exact) mass is 595 g/mol. The third-order valence-corrected chi connectivity index (χ3v) is 8.34. The molecule has 0 aliphatic carbocycles. The van der Waals surface area contributed by atoms with Gasteiger partial charge < -0.3 is 23.3 Å². The van der Waals surface area contributed by atoms with Crippen molar-refractivity contribution in [1.82, 2.24) is 24.2 Å². The van der Waals surface area contributed by atoms with Gasteiger partial charge in [0.05, 0.1) is 51.3 Å². The van der Waals surface area contributed by atoms with E-state index in [1.807, 2.05) is 0 Å². The number of rotatable bonds is 16. The van der Waals surface area contributed by atoms with E-state index in [1.165, 1.54) is 6.33 Å². The molecule has 228 valence electrons. The van der Waals surface area contributed by atoms with Crippen molar-refractivity contribution in [2.75, 3.05) is 38.9 Å². The van der Waals surface area contributed by atoms with Crippen LogP contribution >= 0.6 is 8.53 Å². The molecule has 1 unspecified atom stereocenters. The third kappa shape index (κ3) is 8.75. The SMILES string of the molecule is COCCO[C@@H]1C[C@@H](COP(OCCC#N)N(C(C)C)C(C)C)O[C@H]1n1cnc2c(=O)[nH]c(NC(=O)C(C)C)nc21. The minimum atomic E-state index is -1.44. The van der Waals surface area contributed by atoms with Gasteiger partial charge in [-0.15, -0.1) is 0 Å². The average molecular weight is 596 g/mol. The number of hydrogen-bond acceptors (Lipinski definition) is 11. The van der Waals surface area contributed by atoms with Gasteiger partial charge in [-0.2, -0.15) is 10.2 Å². The molecule has 1 amide bonds. The molecule has 3 heterocycles. The second-order valence-corrected chi connectivity index (χ2v) is 12.0. The van der Waals surface area contributed by atoms with Gasteiger partial charge >= 0.3 is 0 Å². The third-order valence-electron chi connectivity index (χ3n) is 6.27. The summed E-state index contributed by atoms with van der Waals surface area (Å²) in [4.78, 5) is 36.2. The number of fused-ring (bicyclic) bond motifs is 1. The molecule has 0 saturated carbocycles. The highest BCUT2D eigenvalue weighted by Gasteiger charge is 2.40. The van der Waals surface area contributed by atoms with Crippen LogP contribution in [-0.4, -0.2) is 87.9 Å². The Hall–Kier alpha value is -2.50. The highest BCUT2D eigenvalue weighted by molar-refractivity contribution is 7.44. The first-order chi connectivity index (χ1) is 19.6. The van der Waals surface area contributed by atoms with Crippen molar-refractivity contribution >= 4 is 31.5 Å². The summed E-state index contributed by atoms with van der Waals surface area (Å²) in [6, 6.07) is 2.43. The molecule has 3 rings (SSSR count). The Balaban J connectivity index is 1.84. The van der Waals surface area contributed by atoms with Crippen molar-refractivity contribution < 1.29 is 28.1 Å². The molecule has 1 aliphatic heterocycles. The van der Waals surface area contributed by atoms with Crippen LogP contribution in [0.3, 0.4) is 0 Å². The van der Waals surface area contributed by atoms with Crippen molar-refractivity contribution in [3.63, 3.8) is 0 Å². The van der Waals surface area contributed by atoms with Crippen LogP contribution in [0.4, 0.5) is 5.95 Å². The Bertz CT molecular complexity index is 1220. The normalized spacial score (nSPS) is 20.0. The number of methoxy groups -OCH3 is 1. The van der Waals surface area contributed by atoms with Crippen LogP contribution in [-0.2, 0) is 28.1 Å². The molecule has 15 heteroatoms. The first-order valence-electron chi connectivity index (χ1n) is 13.8. The van der Waals surface area contributed by atoms with E-state index in [0.717, 1.165) is 0 Å². The lowest BCUT2D eigenvalue weighted by atomic mass is 10.2. The van der Waals surface area contributed by atoms with Crippen LogP contribution < -0.4 is 10.9 Å². The highest BCUT2D eigenvalue weighted by Crippen LogP contribution is 2.47. The smallest absolute Gasteiger partial charge is 0.280 e. The Labute approximate surface area is 241 Å². The number of ether oxygens (including phenoxy) is 3. The maximum absolute atomic E-state index is 12.7. The number of nitrogens with zero attached hydrogens (tertiary/aromatic N) is 5. The summed E-state index contributed by atoms with van der Waals surface area (Å²) < 4.78 is 33.8. The zero-order valence-electron chi connectivity index (χ0n) is 24.8. The van der Waals surface area contributed by atoms with Crippen molar-refractivity contribution in [3.8, 4) is 6.07 Å². The second-order valence-electron chi connectivity index (χ2n) is 10.5. The summed E-state index contributed by atoms with van der Waals surface area (Å²) in [5.74, 6) is -0.547. The second kappa shape index (κ2) is 15.7. The van der Waals surface area contributed by atoms with Crippen LogP contribution in [0, 0.1) is 17.2 Å². The lowest BCUT2D eigenvalue weighted by molar-refractivity contribution is -0.118. The predicted molar refractivity (Wildman–Crippen MR) is 153 cm³/mol. The molecule has 0 spiro atoms. The number of aromatic nitrogens is 4. The van der Waals surface area contributed by atoms with E-state index >= 15 is 0 Å². The van der Waals surface area contributed by atoms with Gasteiger partial charge in [0.2, 0.25) is 11.9 Å². The minimum absolute atomic E-state index is 0.0281. The number of aromatic amines is 1. The summed E-state index contributed by atoms with van der Waals surface area (Å²) in [6.45, 7) is 13.0. The largest absolute Gasteiger partial charge is 0.382 e. The molecule has 0 radical (unpaired) electrons. The first kappa shape index (κ1) is 33.0. The van der Waals surface area contributed by atoms with Gasteiger partial charge in [-0.3, -0.25) is 24.5 Å². The number of carbonyl (C=O) groups is 1. The van der Waals surface area contributed by atoms with Crippen molar-refractivity contribution in [1.29, 1.82) is 5.26 Å².